The van der Waals surface area contributed by atoms with Gasteiger partial charge in [-0.3, -0.25) is 0 Å². The van der Waals surface area contributed by atoms with Gasteiger partial charge in [-0.1, -0.05) is 12.1 Å². The Morgan fingerprint density at radius 3 is 2.15 bits per heavy atom. The molecule has 0 saturated heterocycles. The van der Waals surface area contributed by atoms with Crippen LogP contribution in [0.2, 0.25) is 0 Å². The SMILES string of the molecule is CN(c1ccccc1C#N)c1c(F)c(F)nc(F)c1F. The lowest BCUT2D eigenvalue weighted by atomic mass is 10.1. The number of benzene rings is 1. The summed E-state index contributed by atoms with van der Waals surface area (Å²) in [5.41, 5.74) is -0.734. The van der Waals surface area contributed by atoms with E-state index in [-0.39, 0.29) is 11.3 Å². The Labute approximate surface area is 111 Å². The predicted octanol–water partition coefficient (Wildman–Crippen LogP) is 3.28. The fraction of sp³-hybridized carbons (Fsp3) is 0.0769. The van der Waals surface area contributed by atoms with Crippen LogP contribution in [-0.2, 0) is 0 Å². The Bertz CT molecular complexity index is 683. The number of anilines is 2. The average Bonchev–Trinajstić information content (AvgIpc) is 2.45. The van der Waals surface area contributed by atoms with Crippen molar-refractivity contribution in [3.05, 3.63) is 53.4 Å². The van der Waals surface area contributed by atoms with Crippen molar-refractivity contribution in [1.82, 2.24) is 4.98 Å². The summed E-state index contributed by atoms with van der Waals surface area (Å²) in [5.74, 6) is -6.75. The zero-order valence-corrected chi connectivity index (χ0v) is 10.2. The Kier molecular flexibility index (Phi) is 3.57. The molecule has 0 saturated carbocycles. The lowest BCUT2D eigenvalue weighted by Gasteiger charge is -2.21. The molecule has 7 heteroatoms. The van der Waals surface area contributed by atoms with Gasteiger partial charge in [0.05, 0.1) is 11.3 Å². The number of hydrogen-bond donors (Lipinski definition) is 0. The summed E-state index contributed by atoms with van der Waals surface area (Å²) in [6.45, 7) is 0. The van der Waals surface area contributed by atoms with Gasteiger partial charge in [0, 0.05) is 7.05 Å². The van der Waals surface area contributed by atoms with E-state index in [2.05, 4.69) is 4.98 Å². The van der Waals surface area contributed by atoms with E-state index in [0.717, 1.165) is 4.90 Å². The van der Waals surface area contributed by atoms with Gasteiger partial charge in [0.1, 0.15) is 11.8 Å². The first-order chi connectivity index (χ1) is 9.47. The summed E-state index contributed by atoms with van der Waals surface area (Å²) in [6.07, 6.45) is 0. The van der Waals surface area contributed by atoms with E-state index in [1.54, 1.807) is 6.07 Å². The molecule has 0 fully saturated rings. The molecule has 0 amide bonds. The van der Waals surface area contributed by atoms with Crippen LogP contribution in [0.4, 0.5) is 28.9 Å². The molecule has 1 heterocycles. The molecule has 0 aliphatic rings. The second-order valence-corrected chi connectivity index (χ2v) is 3.86. The molecular formula is C13H7F4N3. The Morgan fingerprint density at radius 2 is 1.60 bits per heavy atom. The smallest absolute Gasteiger partial charge is 0.253 e. The van der Waals surface area contributed by atoms with Crippen molar-refractivity contribution in [3.63, 3.8) is 0 Å². The van der Waals surface area contributed by atoms with Crippen molar-refractivity contribution in [2.75, 3.05) is 11.9 Å². The molecule has 3 nitrogen and oxygen atoms in total. The zero-order valence-electron chi connectivity index (χ0n) is 10.2. The second kappa shape index (κ2) is 5.17. The molecule has 20 heavy (non-hydrogen) atoms. The van der Waals surface area contributed by atoms with Crippen LogP contribution in [0.5, 0.6) is 0 Å². The first-order valence-corrected chi connectivity index (χ1v) is 5.40. The third-order valence-corrected chi connectivity index (χ3v) is 2.70. The van der Waals surface area contributed by atoms with Crippen LogP contribution in [0, 0.1) is 34.9 Å². The van der Waals surface area contributed by atoms with Crippen LogP contribution in [0.15, 0.2) is 24.3 Å². The van der Waals surface area contributed by atoms with E-state index in [9.17, 15) is 17.6 Å². The van der Waals surface area contributed by atoms with E-state index in [4.69, 9.17) is 5.26 Å². The summed E-state index contributed by atoms with van der Waals surface area (Å²) in [4.78, 5) is 3.34. The van der Waals surface area contributed by atoms with Gasteiger partial charge in [0.25, 0.3) is 11.9 Å². The largest absolute Gasteiger partial charge is 0.338 e. The molecular weight excluding hydrogens is 274 g/mol. The third kappa shape index (κ3) is 2.16. The third-order valence-electron chi connectivity index (χ3n) is 2.70. The first-order valence-electron chi connectivity index (χ1n) is 5.40. The first kappa shape index (κ1) is 13.8. The molecule has 1 aromatic carbocycles. The van der Waals surface area contributed by atoms with Crippen molar-refractivity contribution in [2.45, 2.75) is 0 Å². The molecule has 0 spiro atoms. The number of aromatic nitrogens is 1. The standard InChI is InChI=1S/C13H7F4N3/c1-20(8-5-3-2-4-7(8)6-18)11-9(14)12(16)19-13(17)10(11)15/h2-5H,1H3. The van der Waals surface area contributed by atoms with Crippen LogP contribution in [0.1, 0.15) is 5.56 Å². The molecule has 1 aromatic heterocycles. The van der Waals surface area contributed by atoms with Gasteiger partial charge in [0.2, 0.25) is 11.6 Å². The highest BCUT2D eigenvalue weighted by molar-refractivity contribution is 5.69. The highest BCUT2D eigenvalue weighted by Crippen LogP contribution is 2.32. The van der Waals surface area contributed by atoms with Gasteiger partial charge in [-0.05, 0) is 12.1 Å². The average molecular weight is 281 g/mol. The van der Waals surface area contributed by atoms with E-state index >= 15 is 0 Å². The minimum atomic E-state index is -1.75. The van der Waals surface area contributed by atoms with E-state index < -0.39 is 29.2 Å². The van der Waals surface area contributed by atoms with Crippen molar-refractivity contribution >= 4 is 11.4 Å². The zero-order chi connectivity index (χ0) is 14.9. The lowest BCUT2D eigenvalue weighted by molar-refractivity contribution is 0.409. The van der Waals surface area contributed by atoms with E-state index in [1.807, 2.05) is 6.07 Å². The van der Waals surface area contributed by atoms with Crippen molar-refractivity contribution in [3.8, 4) is 6.07 Å². The number of nitriles is 1. The second-order valence-electron chi connectivity index (χ2n) is 3.86. The quantitative estimate of drug-likeness (QED) is 0.626. The summed E-state index contributed by atoms with van der Waals surface area (Å²) in [6, 6.07) is 7.71. The number of pyridine rings is 1. The minimum absolute atomic E-state index is 0.103. The summed E-state index contributed by atoms with van der Waals surface area (Å²) >= 11 is 0. The predicted molar refractivity (Wildman–Crippen MR) is 63.3 cm³/mol. The number of para-hydroxylation sites is 1. The minimum Gasteiger partial charge on any atom is -0.338 e. The normalized spacial score (nSPS) is 10.2. The van der Waals surface area contributed by atoms with Gasteiger partial charge in [-0.2, -0.15) is 27.8 Å². The van der Waals surface area contributed by atoms with Crippen LogP contribution < -0.4 is 4.90 Å². The molecule has 0 aliphatic heterocycles. The fourth-order valence-corrected chi connectivity index (χ4v) is 1.75. The molecule has 0 atom stereocenters. The maximum atomic E-state index is 13.6. The molecule has 0 bridgehead atoms. The summed E-state index contributed by atoms with van der Waals surface area (Å²) < 4.78 is 53.5. The van der Waals surface area contributed by atoms with Crippen LogP contribution in [0.25, 0.3) is 0 Å². The lowest BCUT2D eigenvalue weighted by Crippen LogP contribution is -2.17. The number of rotatable bonds is 2. The van der Waals surface area contributed by atoms with Gasteiger partial charge >= 0.3 is 0 Å². The summed E-state index contributed by atoms with van der Waals surface area (Å²) in [5, 5.41) is 8.94. The van der Waals surface area contributed by atoms with Gasteiger partial charge in [-0.15, -0.1) is 0 Å². The van der Waals surface area contributed by atoms with Crippen molar-refractivity contribution in [2.24, 2.45) is 0 Å². The molecule has 2 aromatic rings. The fourth-order valence-electron chi connectivity index (χ4n) is 1.75. The van der Waals surface area contributed by atoms with Gasteiger partial charge in [-0.25, -0.2) is 0 Å². The number of nitrogens with zero attached hydrogens (tertiary/aromatic N) is 3. The maximum absolute atomic E-state index is 13.6. The van der Waals surface area contributed by atoms with Crippen LogP contribution >= 0.6 is 0 Å². The van der Waals surface area contributed by atoms with Crippen LogP contribution in [0.3, 0.4) is 0 Å². The molecule has 0 radical (unpaired) electrons. The molecule has 2 rings (SSSR count). The Hall–Kier alpha value is -2.62. The topological polar surface area (TPSA) is 39.9 Å². The molecule has 102 valence electrons. The van der Waals surface area contributed by atoms with Gasteiger partial charge < -0.3 is 4.90 Å². The number of hydrogen-bond acceptors (Lipinski definition) is 3. The molecule has 0 N–H and O–H groups in total. The number of halogens is 4. The maximum Gasteiger partial charge on any atom is 0.253 e. The molecule has 0 unspecified atom stereocenters. The summed E-state index contributed by atoms with van der Waals surface area (Å²) in [7, 11) is 1.19. The highest BCUT2D eigenvalue weighted by atomic mass is 19.2. The van der Waals surface area contributed by atoms with Crippen molar-refractivity contribution < 1.29 is 17.6 Å². The Morgan fingerprint density at radius 1 is 1.05 bits per heavy atom. The monoisotopic (exact) mass is 281 g/mol. The van der Waals surface area contributed by atoms with E-state index in [1.165, 1.54) is 25.2 Å². The van der Waals surface area contributed by atoms with E-state index in [0.29, 0.717) is 0 Å². The molecule has 0 aliphatic carbocycles. The van der Waals surface area contributed by atoms with Gasteiger partial charge in [0.15, 0.2) is 0 Å². The van der Waals surface area contributed by atoms with Crippen LogP contribution in [-0.4, -0.2) is 12.0 Å². The Balaban J connectivity index is 2.66. The van der Waals surface area contributed by atoms with Crippen molar-refractivity contribution in [1.29, 1.82) is 5.26 Å². The highest BCUT2D eigenvalue weighted by Gasteiger charge is 2.25.